The van der Waals surface area contributed by atoms with E-state index in [9.17, 15) is 19.2 Å². The monoisotopic (exact) mass is 497 g/mol. The maximum Gasteiger partial charge on any atom is 0.339 e. The molecule has 3 rings (SSSR count). The molecule has 1 saturated heterocycles. The molecule has 0 radical (unpaired) electrons. The van der Waals surface area contributed by atoms with Gasteiger partial charge in [0.05, 0.1) is 11.3 Å². The van der Waals surface area contributed by atoms with Crippen molar-refractivity contribution in [3.8, 4) is 0 Å². The lowest BCUT2D eigenvalue weighted by atomic mass is 10.2. The van der Waals surface area contributed by atoms with E-state index in [0.29, 0.717) is 34.8 Å². The lowest BCUT2D eigenvalue weighted by molar-refractivity contribution is -0.127. The smallest absolute Gasteiger partial charge is 0.339 e. The highest BCUT2D eigenvalue weighted by molar-refractivity contribution is 8.00. The number of rotatable bonds is 10. The number of nitrogens with one attached hydrogen (secondary N) is 1. The van der Waals surface area contributed by atoms with Crippen LogP contribution in [-0.2, 0) is 14.3 Å². The van der Waals surface area contributed by atoms with Crippen LogP contribution in [0.25, 0.3) is 0 Å². The van der Waals surface area contributed by atoms with Crippen molar-refractivity contribution < 1.29 is 23.9 Å². The van der Waals surface area contributed by atoms with E-state index < -0.39 is 18.5 Å². The van der Waals surface area contributed by atoms with Crippen molar-refractivity contribution in [2.75, 3.05) is 43.9 Å². The summed E-state index contributed by atoms with van der Waals surface area (Å²) >= 11 is 1.29. The number of benzene rings is 2. The molecule has 186 valence electrons. The van der Waals surface area contributed by atoms with Crippen molar-refractivity contribution >= 4 is 41.1 Å². The molecule has 2 aromatic carbocycles. The fourth-order valence-electron chi connectivity index (χ4n) is 3.75. The van der Waals surface area contributed by atoms with Crippen LogP contribution in [0.4, 0.5) is 5.69 Å². The molecule has 2 aromatic rings. The Kier molecular flexibility index (Phi) is 9.72. The Morgan fingerprint density at radius 2 is 1.63 bits per heavy atom. The Morgan fingerprint density at radius 1 is 0.971 bits per heavy atom. The molecule has 0 spiro atoms. The highest BCUT2D eigenvalue weighted by Gasteiger charge is 2.20. The van der Waals surface area contributed by atoms with Gasteiger partial charge in [-0.3, -0.25) is 14.4 Å². The zero-order valence-electron chi connectivity index (χ0n) is 20.1. The van der Waals surface area contributed by atoms with Crippen LogP contribution in [0.15, 0.2) is 53.4 Å². The van der Waals surface area contributed by atoms with Gasteiger partial charge in [0.15, 0.2) is 6.61 Å². The number of amides is 3. The predicted molar refractivity (Wildman–Crippen MR) is 136 cm³/mol. The van der Waals surface area contributed by atoms with Crippen molar-refractivity contribution in [1.29, 1.82) is 0 Å². The van der Waals surface area contributed by atoms with Gasteiger partial charge in [-0.25, -0.2) is 4.79 Å². The highest BCUT2D eigenvalue weighted by atomic mass is 32.2. The Hall–Kier alpha value is -3.33. The first-order valence-electron chi connectivity index (χ1n) is 11.8. The lowest BCUT2D eigenvalue weighted by Gasteiger charge is -2.18. The number of anilines is 1. The molecule has 9 heteroatoms. The maximum atomic E-state index is 12.6. The molecule has 0 aromatic heterocycles. The molecule has 1 fully saturated rings. The van der Waals surface area contributed by atoms with Crippen LogP contribution in [-0.4, -0.2) is 72.0 Å². The van der Waals surface area contributed by atoms with E-state index >= 15 is 0 Å². The molecule has 3 amide bonds. The van der Waals surface area contributed by atoms with Gasteiger partial charge in [0.1, 0.15) is 0 Å². The first-order valence-corrected chi connectivity index (χ1v) is 12.8. The third-order valence-electron chi connectivity index (χ3n) is 5.72. The second kappa shape index (κ2) is 12.9. The number of ether oxygens (including phenoxy) is 1. The number of esters is 1. The van der Waals surface area contributed by atoms with Crippen LogP contribution in [0.1, 0.15) is 47.4 Å². The molecule has 0 bridgehead atoms. The van der Waals surface area contributed by atoms with Gasteiger partial charge < -0.3 is 19.9 Å². The van der Waals surface area contributed by atoms with Gasteiger partial charge in [0.25, 0.3) is 11.8 Å². The predicted octanol–water partition coefficient (Wildman–Crippen LogP) is 3.68. The fraction of sp³-hybridized carbons (Fsp3) is 0.385. The number of carbonyl (C=O) groups excluding carboxylic acids is 4. The normalized spacial score (nSPS) is 12.8. The van der Waals surface area contributed by atoms with Crippen LogP contribution in [0.2, 0.25) is 0 Å². The Balaban J connectivity index is 1.51. The SMILES string of the molecule is CCN(CC)C(=O)c1ccc(NC(=O)COC(=O)c2ccccc2SCC(=O)N2CCCC2)cc1. The maximum absolute atomic E-state index is 12.6. The first kappa shape index (κ1) is 26.3. The molecule has 1 heterocycles. The summed E-state index contributed by atoms with van der Waals surface area (Å²) in [4.78, 5) is 53.8. The fourth-order valence-corrected chi connectivity index (χ4v) is 4.70. The molecule has 1 aliphatic rings. The van der Waals surface area contributed by atoms with E-state index in [2.05, 4.69) is 5.32 Å². The van der Waals surface area contributed by atoms with Gasteiger partial charge in [-0.15, -0.1) is 11.8 Å². The van der Waals surface area contributed by atoms with E-state index in [1.165, 1.54) is 11.8 Å². The van der Waals surface area contributed by atoms with Gasteiger partial charge in [0, 0.05) is 42.3 Å². The van der Waals surface area contributed by atoms with E-state index in [-0.39, 0.29) is 17.6 Å². The van der Waals surface area contributed by atoms with Crippen LogP contribution in [0.5, 0.6) is 0 Å². The summed E-state index contributed by atoms with van der Waals surface area (Å²) in [6, 6.07) is 13.5. The molecule has 0 unspecified atom stereocenters. The third-order valence-corrected chi connectivity index (χ3v) is 6.78. The van der Waals surface area contributed by atoms with Crippen molar-refractivity contribution in [1.82, 2.24) is 9.80 Å². The summed E-state index contributed by atoms with van der Waals surface area (Å²) < 4.78 is 5.21. The summed E-state index contributed by atoms with van der Waals surface area (Å²) in [6.07, 6.45) is 2.06. The van der Waals surface area contributed by atoms with Gasteiger partial charge >= 0.3 is 5.97 Å². The number of likely N-dealkylation sites (tertiary alicyclic amines) is 1. The van der Waals surface area contributed by atoms with Gasteiger partial charge in [-0.1, -0.05) is 12.1 Å². The highest BCUT2D eigenvalue weighted by Crippen LogP contribution is 2.24. The van der Waals surface area contributed by atoms with Gasteiger partial charge in [-0.2, -0.15) is 0 Å². The quantitative estimate of drug-likeness (QED) is 0.397. The molecule has 8 nitrogen and oxygen atoms in total. The number of nitrogens with zero attached hydrogens (tertiary/aromatic N) is 2. The Labute approximate surface area is 210 Å². The summed E-state index contributed by atoms with van der Waals surface area (Å²) in [5.74, 6) is -0.884. The lowest BCUT2D eigenvalue weighted by Crippen LogP contribution is -2.30. The van der Waals surface area contributed by atoms with Crippen molar-refractivity contribution in [2.45, 2.75) is 31.6 Å². The van der Waals surface area contributed by atoms with Crippen molar-refractivity contribution in [2.24, 2.45) is 0 Å². The Bertz CT molecular complexity index is 1050. The largest absolute Gasteiger partial charge is 0.452 e. The molecule has 35 heavy (non-hydrogen) atoms. The van der Waals surface area contributed by atoms with Crippen molar-refractivity contribution in [3.05, 3.63) is 59.7 Å². The van der Waals surface area contributed by atoms with E-state index in [1.807, 2.05) is 18.7 Å². The number of hydrogen-bond acceptors (Lipinski definition) is 6. The number of thioether (sulfide) groups is 1. The molecule has 1 N–H and O–H groups in total. The standard InChI is InChI=1S/C26H31N3O5S/c1-3-28(4-2)25(32)19-11-13-20(14-12-19)27-23(30)17-34-26(33)21-9-5-6-10-22(21)35-18-24(31)29-15-7-8-16-29/h5-6,9-14H,3-4,7-8,15-18H2,1-2H3,(H,27,30). The minimum Gasteiger partial charge on any atom is -0.452 e. The zero-order valence-corrected chi connectivity index (χ0v) is 20.9. The molecule has 1 aliphatic heterocycles. The average Bonchev–Trinajstić information content (AvgIpc) is 3.42. The first-order chi connectivity index (χ1) is 16.9. The molecular formula is C26H31N3O5S. The second-order valence-electron chi connectivity index (χ2n) is 8.05. The summed E-state index contributed by atoms with van der Waals surface area (Å²) in [6.45, 7) is 6.20. The van der Waals surface area contributed by atoms with Gasteiger partial charge in [0.2, 0.25) is 5.91 Å². The summed E-state index contributed by atoms with van der Waals surface area (Å²) in [5, 5.41) is 2.66. The van der Waals surface area contributed by atoms with Crippen LogP contribution in [0.3, 0.4) is 0 Å². The molecule has 0 saturated carbocycles. The van der Waals surface area contributed by atoms with E-state index in [4.69, 9.17) is 4.74 Å². The molecular weight excluding hydrogens is 466 g/mol. The number of carbonyl (C=O) groups is 4. The zero-order chi connectivity index (χ0) is 25.2. The van der Waals surface area contributed by atoms with Crippen molar-refractivity contribution in [3.63, 3.8) is 0 Å². The van der Waals surface area contributed by atoms with E-state index in [1.54, 1.807) is 53.4 Å². The Morgan fingerprint density at radius 3 is 2.29 bits per heavy atom. The molecule has 0 aliphatic carbocycles. The van der Waals surface area contributed by atoms with E-state index in [0.717, 1.165) is 25.9 Å². The topological polar surface area (TPSA) is 96.0 Å². The van der Waals surface area contributed by atoms with Crippen LogP contribution < -0.4 is 5.32 Å². The minimum atomic E-state index is -0.628. The van der Waals surface area contributed by atoms with Gasteiger partial charge in [-0.05, 0) is 63.1 Å². The summed E-state index contributed by atoms with van der Waals surface area (Å²) in [5.41, 5.74) is 1.35. The van der Waals surface area contributed by atoms with Crippen LogP contribution in [0, 0.1) is 0 Å². The van der Waals surface area contributed by atoms with Crippen LogP contribution >= 0.6 is 11.8 Å². The summed E-state index contributed by atoms with van der Waals surface area (Å²) in [7, 11) is 0. The average molecular weight is 498 g/mol. The molecule has 0 atom stereocenters. The number of hydrogen-bond donors (Lipinski definition) is 1. The third kappa shape index (κ3) is 7.32. The second-order valence-corrected chi connectivity index (χ2v) is 9.07. The minimum absolute atomic E-state index is 0.0554.